The second-order valence-electron chi connectivity index (χ2n) is 6.01. The molecule has 1 N–H and O–H groups in total. The molecule has 0 saturated carbocycles. The Morgan fingerprint density at radius 3 is 2.32 bits per heavy atom. The Morgan fingerprint density at radius 1 is 1.16 bits per heavy atom. The second-order valence-corrected chi connectivity index (χ2v) is 6.01. The highest BCUT2D eigenvalue weighted by molar-refractivity contribution is 5.53. The fourth-order valence-electron chi connectivity index (χ4n) is 3.30. The number of nitro benzene ring substituents is 1. The van der Waals surface area contributed by atoms with E-state index >= 15 is 0 Å². The van der Waals surface area contributed by atoms with Crippen molar-refractivity contribution in [3.8, 4) is 11.5 Å². The summed E-state index contributed by atoms with van der Waals surface area (Å²) in [6, 6.07) is 9.61. The first kappa shape index (κ1) is 17.2. The fourth-order valence-corrected chi connectivity index (χ4v) is 3.30. The van der Waals surface area contributed by atoms with E-state index in [4.69, 9.17) is 9.47 Å². The SMILES string of the molecule is COc1cc2c(cc1OC)C(O)(c1ccc([N+](=O)[O-])cc1)N(C)CC2. The third-order valence-electron chi connectivity index (χ3n) is 4.73. The largest absolute Gasteiger partial charge is 0.493 e. The number of fused-ring (bicyclic) bond motifs is 1. The molecule has 1 aliphatic rings. The van der Waals surface area contributed by atoms with Gasteiger partial charge in [-0.05, 0) is 43.3 Å². The van der Waals surface area contributed by atoms with Crippen LogP contribution < -0.4 is 9.47 Å². The van der Waals surface area contributed by atoms with Crippen LogP contribution in [0.5, 0.6) is 11.5 Å². The summed E-state index contributed by atoms with van der Waals surface area (Å²) in [6.07, 6.45) is 0.751. The number of nitrogens with zero attached hydrogens (tertiary/aromatic N) is 2. The van der Waals surface area contributed by atoms with Gasteiger partial charge in [0.25, 0.3) is 5.69 Å². The number of methoxy groups -OCH3 is 2. The molecule has 1 atom stereocenters. The zero-order valence-corrected chi connectivity index (χ0v) is 14.4. The first-order chi connectivity index (χ1) is 11.9. The van der Waals surface area contributed by atoms with E-state index < -0.39 is 10.6 Å². The summed E-state index contributed by atoms with van der Waals surface area (Å²) in [5, 5.41) is 22.4. The van der Waals surface area contributed by atoms with E-state index in [0.717, 1.165) is 12.0 Å². The summed E-state index contributed by atoms with van der Waals surface area (Å²) in [5.74, 6) is 1.13. The van der Waals surface area contributed by atoms with Gasteiger partial charge < -0.3 is 14.6 Å². The minimum atomic E-state index is -1.40. The molecule has 0 bridgehead atoms. The molecule has 0 aliphatic carbocycles. The summed E-state index contributed by atoms with van der Waals surface area (Å²) >= 11 is 0. The molecule has 132 valence electrons. The van der Waals surface area contributed by atoms with Gasteiger partial charge in [-0.2, -0.15) is 0 Å². The van der Waals surface area contributed by atoms with Gasteiger partial charge in [0.05, 0.1) is 19.1 Å². The Bertz CT molecular complexity index is 806. The van der Waals surface area contributed by atoms with Gasteiger partial charge >= 0.3 is 0 Å². The predicted molar refractivity (Wildman–Crippen MR) is 92.0 cm³/mol. The Hall–Kier alpha value is -2.64. The van der Waals surface area contributed by atoms with Crippen molar-refractivity contribution in [2.24, 2.45) is 0 Å². The number of ether oxygens (including phenoxy) is 2. The van der Waals surface area contributed by atoms with Crippen molar-refractivity contribution in [3.63, 3.8) is 0 Å². The number of aliphatic hydroxyl groups is 1. The van der Waals surface area contributed by atoms with Crippen LogP contribution in [0.2, 0.25) is 0 Å². The van der Waals surface area contributed by atoms with Crippen LogP contribution in [0.3, 0.4) is 0 Å². The lowest BCUT2D eigenvalue weighted by atomic mass is 9.84. The standard InChI is InChI=1S/C18H20N2O5/c1-19-9-8-12-10-16(24-2)17(25-3)11-15(12)18(19,21)13-4-6-14(7-5-13)20(22)23/h4-7,10-11,21H,8-9H2,1-3H3. The summed E-state index contributed by atoms with van der Waals surface area (Å²) in [5.41, 5.74) is 0.791. The van der Waals surface area contributed by atoms with E-state index in [9.17, 15) is 15.2 Å². The lowest BCUT2D eigenvalue weighted by Gasteiger charge is -2.43. The van der Waals surface area contributed by atoms with Crippen LogP contribution in [0.25, 0.3) is 0 Å². The smallest absolute Gasteiger partial charge is 0.269 e. The number of hydrogen-bond acceptors (Lipinski definition) is 6. The topological polar surface area (TPSA) is 85.1 Å². The minimum absolute atomic E-state index is 0.0154. The van der Waals surface area contributed by atoms with E-state index in [1.807, 2.05) is 18.0 Å². The molecule has 25 heavy (non-hydrogen) atoms. The lowest BCUT2D eigenvalue weighted by Crippen LogP contribution is -2.49. The minimum Gasteiger partial charge on any atom is -0.493 e. The van der Waals surface area contributed by atoms with Crippen molar-refractivity contribution in [1.29, 1.82) is 0 Å². The van der Waals surface area contributed by atoms with Gasteiger partial charge in [-0.25, -0.2) is 0 Å². The van der Waals surface area contributed by atoms with Crippen molar-refractivity contribution in [1.82, 2.24) is 4.90 Å². The molecule has 3 rings (SSSR count). The summed E-state index contributed by atoms with van der Waals surface area (Å²) in [6.45, 7) is 0.635. The van der Waals surface area contributed by atoms with Crippen molar-refractivity contribution in [2.45, 2.75) is 12.1 Å². The molecule has 2 aromatic carbocycles. The number of likely N-dealkylation sites (N-methyl/N-ethyl adjacent to an activating group) is 1. The van der Waals surface area contributed by atoms with Crippen molar-refractivity contribution >= 4 is 5.69 Å². The van der Waals surface area contributed by atoms with Crippen LogP contribution in [0.1, 0.15) is 16.7 Å². The molecule has 0 spiro atoms. The highest BCUT2D eigenvalue weighted by Gasteiger charge is 2.41. The first-order valence-electron chi connectivity index (χ1n) is 7.85. The van der Waals surface area contributed by atoms with Crippen molar-refractivity contribution in [2.75, 3.05) is 27.8 Å². The Labute approximate surface area is 145 Å². The maximum atomic E-state index is 11.5. The molecular formula is C18H20N2O5. The molecule has 0 saturated heterocycles. The summed E-state index contributed by atoms with van der Waals surface area (Å²) < 4.78 is 10.7. The van der Waals surface area contributed by atoms with Crippen molar-refractivity contribution in [3.05, 3.63) is 63.2 Å². The van der Waals surface area contributed by atoms with Gasteiger partial charge in [-0.3, -0.25) is 15.0 Å². The van der Waals surface area contributed by atoms with E-state index in [1.54, 1.807) is 32.4 Å². The van der Waals surface area contributed by atoms with Gasteiger partial charge in [0.15, 0.2) is 17.2 Å². The van der Waals surface area contributed by atoms with Crippen LogP contribution in [-0.2, 0) is 12.1 Å². The quantitative estimate of drug-likeness (QED) is 0.677. The Balaban J connectivity index is 2.17. The highest BCUT2D eigenvalue weighted by atomic mass is 16.6. The maximum Gasteiger partial charge on any atom is 0.269 e. The first-order valence-corrected chi connectivity index (χ1v) is 7.85. The molecule has 0 aromatic heterocycles. The summed E-state index contributed by atoms with van der Waals surface area (Å²) in [7, 11) is 4.94. The monoisotopic (exact) mass is 344 g/mol. The number of hydrogen-bond donors (Lipinski definition) is 1. The van der Waals surface area contributed by atoms with E-state index in [-0.39, 0.29) is 5.69 Å². The average Bonchev–Trinajstić information content (AvgIpc) is 2.63. The summed E-state index contributed by atoms with van der Waals surface area (Å²) in [4.78, 5) is 12.3. The molecular weight excluding hydrogens is 324 g/mol. The molecule has 0 radical (unpaired) electrons. The zero-order valence-electron chi connectivity index (χ0n) is 14.4. The third kappa shape index (κ3) is 2.71. The number of non-ortho nitro benzene ring substituents is 1. The van der Waals surface area contributed by atoms with Gasteiger partial charge in [0, 0.05) is 29.8 Å². The highest BCUT2D eigenvalue weighted by Crippen LogP contribution is 2.43. The van der Waals surface area contributed by atoms with Crippen LogP contribution in [-0.4, -0.2) is 42.7 Å². The van der Waals surface area contributed by atoms with Crippen LogP contribution in [0.4, 0.5) is 5.69 Å². The van der Waals surface area contributed by atoms with E-state index in [0.29, 0.717) is 29.2 Å². The average molecular weight is 344 g/mol. The molecule has 0 fully saturated rings. The van der Waals surface area contributed by atoms with Crippen LogP contribution in [0, 0.1) is 10.1 Å². The van der Waals surface area contributed by atoms with Gasteiger partial charge in [-0.1, -0.05) is 0 Å². The molecule has 7 heteroatoms. The van der Waals surface area contributed by atoms with Crippen LogP contribution >= 0.6 is 0 Å². The molecule has 0 amide bonds. The second kappa shape index (κ2) is 6.34. The Morgan fingerprint density at radius 2 is 1.76 bits per heavy atom. The predicted octanol–water partition coefficient (Wildman–Crippen LogP) is 2.29. The third-order valence-corrected chi connectivity index (χ3v) is 4.73. The molecule has 7 nitrogen and oxygen atoms in total. The zero-order chi connectivity index (χ0) is 18.2. The van der Waals surface area contributed by atoms with Gasteiger partial charge in [0.2, 0.25) is 0 Å². The van der Waals surface area contributed by atoms with E-state index in [2.05, 4.69) is 0 Å². The Kier molecular flexibility index (Phi) is 4.36. The van der Waals surface area contributed by atoms with E-state index in [1.165, 1.54) is 12.1 Å². The van der Waals surface area contributed by atoms with Crippen LogP contribution in [0.15, 0.2) is 36.4 Å². The number of rotatable bonds is 4. The molecule has 1 unspecified atom stereocenters. The van der Waals surface area contributed by atoms with Gasteiger partial charge in [0.1, 0.15) is 0 Å². The maximum absolute atomic E-state index is 11.5. The molecule has 2 aromatic rings. The van der Waals surface area contributed by atoms with Crippen molar-refractivity contribution < 1.29 is 19.5 Å². The lowest BCUT2D eigenvalue weighted by molar-refractivity contribution is -0.384. The number of nitro groups is 1. The molecule has 1 heterocycles. The fraction of sp³-hybridized carbons (Fsp3) is 0.333. The molecule has 1 aliphatic heterocycles. The van der Waals surface area contributed by atoms with Gasteiger partial charge in [-0.15, -0.1) is 0 Å². The number of benzene rings is 2. The normalized spacial score (nSPS) is 20.0.